The summed E-state index contributed by atoms with van der Waals surface area (Å²) in [5.41, 5.74) is 2.09. The molecule has 0 radical (unpaired) electrons. The first-order valence-electron chi connectivity index (χ1n) is 8.58. The lowest BCUT2D eigenvalue weighted by Gasteiger charge is -2.17. The van der Waals surface area contributed by atoms with E-state index in [1.165, 1.54) is 10.7 Å². The molecule has 0 saturated carbocycles. The number of rotatable bonds is 5. The molecule has 1 amide bonds. The van der Waals surface area contributed by atoms with Crippen LogP contribution >= 0.6 is 0 Å². The molecule has 6 nitrogen and oxygen atoms in total. The second-order valence-electron chi connectivity index (χ2n) is 5.97. The van der Waals surface area contributed by atoms with Gasteiger partial charge in [0.15, 0.2) is 0 Å². The molecule has 0 fully saturated rings. The highest BCUT2D eigenvalue weighted by molar-refractivity contribution is 5.93. The van der Waals surface area contributed by atoms with Crippen molar-refractivity contribution < 1.29 is 4.79 Å². The molecule has 1 atom stereocenters. The summed E-state index contributed by atoms with van der Waals surface area (Å²) in [6.45, 7) is 1.82. The van der Waals surface area contributed by atoms with Crippen LogP contribution in [0.5, 0.6) is 0 Å². The van der Waals surface area contributed by atoms with Crippen molar-refractivity contribution in [3.63, 3.8) is 0 Å². The molecule has 2 aromatic carbocycles. The van der Waals surface area contributed by atoms with E-state index in [9.17, 15) is 9.59 Å². The number of benzene rings is 2. The van der Waals surface area contributed by atoms with Crippen LogP contribution in [0.15, 0.2) is 71.5 Å². The van der Waals surface area contributed by atoms with Gasteiger partial charge in [0.1, 0.15) is 6.04 Å². The van der Waals surface area contributed by atoms with E-state index in [0.717, 1.165) is 5.56 Å². The van der Waals surface area contributed by atoms with Crippen LogP contribution in [-0.4, -0.2) is 15.7 Å². The van der Waals surface area contributed by atoms with Gasteiger partial charge in [-0.3, -0.25) is 9.59 Å². The molecule has 3 rings (SSSR count). The summed E-state index contributed by atoms with van der Waals surface area (Å²) in [4.78, 5) is 25.1. The zero-order valence-corrected chi connectivity index (χ0v) is 14.8. The molecule has 3 aromatic rings. The Balaban J connectivity index is 1.91. The Kier molecular flexibility index (Phi) is 5.43. The van der Waals surface area contributed by atoms with Crippen molar-refractivity contribution in [3.8, 4) is 17.3 Å². The molecule has 27 heavy (non-hydrogen) atoms. The maximum Gasteiger partial charge on any atom is 0.267 e. The average molecular weight is 358 g/mol. The van der Waals surface area contributed by atoms with Crippen molar-refractivity contribution >= 4 is 11.6 Å². The summed E-state index contributed by atoms with van der Waals surface area (Å²) in [7, 11) is 0. The van der Waals surface area contributed by atoms with Gasteiger partial charge in [-0.2, -0.15) is 10.4 Å². The van der Waals surface area contributed by atoms with E-state index in [1.807, 2.05) is 43.3 Å². The number of nitriles is 1. The van der Waals surface area contributed by atoms with Crippen molar-refractivity contribution in [2.24, 2.45) is 0 Å². The number of hydrogen-bond acceptors (Lipinski definition) is 4. The minimum Gasteiger partial charge on any atom is -0.324 e. The van der Waals surface area contributed by atoms with Gasteiger partial charge in [-0.15, -0.1) is 0 Å². The van der Waals surface area contributed by atoms with Crippen LogP contribution in [0.4, 0.5) is 5.69 Å². The predicted octanol–water partition coefficient (Wildman–Crippen LogP) is 3.37. The second kappa shape index (κ2) is 8.11. The van der Waals surface area contributed by atoms with Crippen molar-refractivity contribution in [1.82, 2.24) is 9.78 Å². The fourth-order valence-electron chi connectivity index (χ4n) is 2.77. The molecule has 0 aliphatic rings. The lowest BCUT2D eigenvalue weighted by atomic mass is 10.1. The fraction of sp³-hybridized carbons (Fsp3) is 0.143. The number of amides is 1. The monoisotopic (exact) mass is 358 g/mol. The highest BCUT2D eigenvalue weighted by Crippen LogP contribution is 2.18. The number of nitrogens with one attached hydrogen (secondary N) is 1. The number of anilines is 1. The van der Waals surface area contributed by atoms with E-state index in [2.05, 4.69) is 10.4 Å². The maximum absolute atomic E-state index is 12.8. The van der Waals surface area contributed by atoms with Crippen molar-refractivity contribution in [2.75, 3.05) is 5.32 Å². The van der Waals surface area contributed by atoms with E-state index < -0.39 is 6.04 Å². The molecule has 1 aromatic heterocycles. The molecule has 1 heterocycles. The Labute approximate surface area is 156 Å². The van der Waals surface area contributed by atoms with Gasteiger partial charge in [0, 0.05) is 17.3 Å². The Morgan fingerprint density at radius 2 is 1.93 bits per heavy atom. The van der Waals surface area contributed by atoms with Gasteiger partial charge in [-0.1, -0.05) is 43.3 Å². The van der Waals surface area contributed by atoms with Gasteiger partial charge in [0.25, 0.3) is 5.56 Å². The molecule has 0 spiro atoms. The third-order valence-corrected chi connectivity index (χ3v) is 4.14. The summed E-state index contributed by atoms with van der Waals surface area (Å²) in [6, 6.07) is 20.4. The van der Waals surface area contributed by atoms with Crippen molar-refractivity contribution in [1.29, 1.82) is 5.26 Å². The van der Waals surface area contributed by atoms with Crippen LogP contribution in [0.25, 0.3) is 11.3 Å². The predicted molar refractivity (Wildman–Crippen MR) is 103 cm³/mol. The summed E-state index contributed by atoms with van der Waals surface area (Å²) >= 11 is 0. The molecule has 134 valence electrons. The Bertz CT molecular complexity index is 1050. The van der Waals surface area contributed by atoms with Gasteiger partial charge in [-0.05, 0) is 30.7 Å². The van der Waals surface area contributed by atoms with Gasteiger partial charge in [0.05, 0.1) is 17.3 Å². The van der Waals surface area contributed by atoms with Gasteiger partial charge in [-0.25, -0.2) is 4.68 Å². The van der Waals surface area contributed by atoms with Crippen LogP contribution < -0.4 is 10.9 Å². The quantitative estimate of drug-likeness (QED) is 0.757. The summed E-state index contributed by atoms with van der Waals surface area (Å²) in [6.07, 6.45) is 0.398. The highest BCUT2D eigenvalue weighted by Gasteiger charge is 2.21. The van der Waals surface area contributed by atoms with Crippen molar-refractivity contribution in [3.05, 3.63) is 82.6 Å². The largest absolute Gasteiger partial charge is 0.324 e. The first-order valence-corrected chi connectivity index (χ1v) is 8.58. The molecule has 0 aliphatic carbocycles. The smallest absolute Gasteiger partial charge is 0.267 e. The van der Waals surface area contributed by atoms with Gasteiger partial charge in [0.2, 0.25) is 5.91 Å². The van der Waals surface area contributed by atoms with Crippen molar-refractivity contribution in [2.45, 2.75) is 19.4 Å². The van der Waals surface area contributed by atoms with Crippen LogP contribution in [-0.2, 0) is 4.79 Å². The third-order valence-electron chi connectivity index (χ3n) is 4.14. The lowest BCUT2D eigenvalue weighted by molar-refractivity contribution is -0.119. The van der Waals surface area contributed by atoms with Gasteiger partial charge < -0.3 is 5.32 Å². The summed E-state index contributed by atoms with van der Waals surface area (Å²) in [5.74, 6) is -0.354. The molecule has 0 aliphatic heterocycles. The van der Waals surface area contributed by atoms with E-state index in [4.69, 9.17) is 5.26 Å². The minimum absolute atomic E-state index is 0.345. The number of aromatic nitrogens is 2. The molecule has 0 bridgehead atoms. The average Bonchev–Trinajstić information content (AvgIpc) is 2.70. The molecule has 0 saturated heterocycles. The van der Waals surface area contributed by atoms with E-state index in [0.29, 0.717) is 23.4 Å². The van der Waals surface area contributed by atoms with Gasteiger partial charge >= 0.3 is 0 Å². The highest BCUT2D eigenvalue weighted by atomic mass is 16.2. The van der Waals surface area contributed by atoms with E-state index >= 15 is 0 Å². The lowest BCUT2D eigenvalue weighted by Crippen LogP contribution is -2.34. The molecule has 1 N–H and O–H groups in total. The summed E-state index contributed by atoms with van der Waals surface area (Å²) in [5, 5.41) is 16.2. The van der Waals surface area contributed by atoms with Crippen LogP contribution in [0.1, 0.15) is 24.9 Å². The SMILES string of the molecule is CC[C@@H](C(=O)Nc1cccc(C#N)c1)n1nc(-c2ccccc2)ccc1=O. The fourth-order valence-corrected chi connectivity index (χ4v) is 2.77. The number of carbonyl (C=O) groups is 1. The maximum atomic E-state index is 12.8. The third kappa shape index (κ3) is 4.10. The Hall–Kier alpha value is -3.72. The normalized spacial score (nSPS) is 11.4. The summed E-state index contributed by atoms with van der Waals surface area (Å²) < 4.78 is 1.21. The Morgan fingerprint density at radius 3 is 2.63 bits per heavy atom. The van der Waals surface area contributed by atoms with E-state index in [-0.39, 0.29) is 11.5 Å². The molecular formula is C21H18N4O2. The Morgan fingerprint density at radius 1 is 1.15 bits per heavy atom. The zero-order chi connectivity index (χ0) is 19.2. The first kappa shape index (κ1) is 18.1. The molecular weight excluding hydrogens is 340 g/mol. The van der Waals surface area contributed by atoms with Crippen LogP contribution in [0, 0.1) is 11.3 Å². The number of hydrogen-bond donors (Lipinski definition) is 1. The van der Waals surface area contributed by atoms with Crippen LogP contribution in [0.2, 0.25) is 0 Å². The second-order valence-corrected chi connectivity index (χ2v) is 5.97. The minimum atomic E-state index is -0.757. The molecule has 6 heteroatoms. The first-order chi connectivity index (χ1) is 13.1. The topological polar surface area (TPSA) is 87.8 Å². The zero-order valence-electron chi connectivity index (χ0n) is 14.8. The van der Waals surface area contributed by atoms with Crippen LogP contribution in [0.3, 0.4) is 0 Å². The standard InChI is InChI=1S/C21H18N4O2/c1-2-19(21(27)23-17-10-6-7-15(13-17)14-22)25-20(26)12-11-18(24-25)16-8-4-3-5-9-16/h3-13,19H,2H2,1H3,(H,23,27)/t19-/m0/s1. The number of nitrogens with zero attached hydrogens (tertiary/aromatic N) is 3. The number of carbonyl (C=O) groups excluding carboxylic acids is 1. The van der Waals surface area contributed by atoms with E-state index in [1.54, 1.807) is 30.3 Å². The molecule has 0 unspecified atom stereocenters.